The standard InChI is InChI=1S/C11H12BrN3/c1-7-10(11(13)3-4-11)15-5-2-8(12)6-9(15)14-7/h2,5-6H,3-4,13H2,1H3. The van der Waals surface area contributed by atoms with Crippen LogP contribution in [0.25, 0.3) is 5.65 Å². The van der Waals surface area contributed by atoms with Gasteiger partial charge in [0.05, 0.1) is 16.9 Å². The number of fused-ring (bicyclic) bond motifs is 1. The highest BCUT2D eigenvalue weighted by molar-refractivity contribution is 9.10. The molecule has 3 rings (SSSR count). The number of nitrogens with two attached hydrogens (primary N) is 1. The van der Waals surface area contributed by atoms with Gasteiger partial charge in [-0.2, -0.15) is 0 Å². The monoisotopic (exact) mass is 265 g/mol. The summed E-state index contributed by atoms with van der Waals surface area (Å²) in [5.41, 5.74) is 9.30. The molecule has 15 heavy (non-hydrogen) atoms. The Balaban J connectivity index is 2.33. The molecule has 0 bridgehead atoms. The molecule has 0 radical (unpaired) electrons. The molecule has 1 aliphatic carbocycles. The van der Waals surface area contributed by atoms with Gasteiger partial charge in [0.15, 0.2) is 0 Å². The molecule has 0 aliphatic heterocycles. The number of pyridine rings is 1. The van der Waals surface area contributed by atoms with Crippen LogP contribution in [0.5, 0.6) is 0 Å². The summed E-state index contributed by atoms with van der Waals surface area (Å²) in [7, 11) is 0. The molecule has 2 heterocycles. The van der Waals surface area contributed by atoms with E-state index in [0.717, 1.165) is 28.7 Å². The van der Waals surface area contributed by atoms with E-state index in [4.69, 9.17) is 5.73 Å². The van der Waals surface area contributed by atoms with Gasteiger partial charge in [0, 0.05) is 10.7 Å². The summed E-state index contributed by atoms with van der Waals surface area (Å²) in [4.78, 5) is 4.53. The van der Waals surface area contributed by atoms with Crippen LogP contribution in [-0.2, 0) is 5.54 Å². The molecule has 2 aromatic rings. The summed E-state index contributed by atoms with van der Waals surface area (Å²) in [6.07, 6.45) is 4.16. The van der Waals surface area contributed by atoms with Crippen LogP contribution in [0.3, 0.4) is 0 Å². The van der Waals surface area contributed by atoms with Gasteiger partial charge in [0.25, 0.3) is 0 Å². The van der Waals surface area contributed by atoms with Gasteiger partial charge in [-0.3, -0.25) is 0 Å². The van der Waals surface area contributed by atoms with Crippen LogP contribution in [0.2, 0.25) is 0 Å². The largest absolute Gasteiger partial charge is 0.320 e. The third-order valence-corrected chi connectivity index (χ3v) is 3.52. The molecule has 1 saturated carbocycles. The van der Waals surface area contributed by atoms with Gasteiger partial charge >= 0.3 is 0 Å². The average molecular weight is 266 g/mol. The maximum Gasteiger partial charge on any atom is 0.138 e. The van der Waals surface area contributed by atoms with Crippen LogP contribution in [0.1, 0.15) is 24.2 Å². The second-order valence-corrected chi connectivity index (χ2v) is 5.19. The molecule has 2 aromatic heterocycles. The van der Waals surface area contributed by atoms with E-state index >= 15 is 0 Å². The van der Waals surface area contributed by atoms with Crippen LogP contribution >= 0.6 is 15.9 Å². The third kappa shape index (κ3) is 1.32. The van der Waals surface area contributed by atoms with Gasteiger partial charge in [0.2, 0.25) is 0 Å². The molecule has 78 valence electrons. The minimum atomic E-state index is -0.128. The van der Waals surface area contributed by atoms with E-state index in [0.29, 0.717) is 0 Å². The molecule has 0 spiro atoms. The Morgan fingerprint density at radius 1 is 1.53 bits per heavy atom. The van der Waals surface area contributed by atoms with Crippen LogP contribution in [-0.4, -0.2) is 9.38 Å². The highest BCUT2D eigenvalue weighted by Gasteiger charge is 2.43. The average Bonchev–Trinajstić information content (AvgIpc) is 2.79. The minimum absolute atomic E-state index is 0.128. The van der Waals surface area contributed by atoms with E-state index < -0.39 is 0 Å². The molecule has 1 aliphatic rings. The second kappa shape index (κ2) is 2.83. The molecule has 0 saturated heterocycles. The Kier molecular flexibility index (Phi) is 1.77. The Bertz CT molecular complexity index is 540. The summed E-state index contributed by atoms with van der Waals surface area (Å²) >= 11 is 3.45. The smallest absolute Gasteiger partial charge is 0.138 e. The molecule has 3 nitrogen and oxygen atoms in total. The zero-order valence-corrected chi connectivity index (χ0v) is 10.1. The SMILES string of the molecule is Cc1nc2cc(Br)ccn2c1C1(N)CC1. The fourth-order valence-corrected chi connectivity index (χ4v) is 2.43. The predicted molar refractivity (Wildman–Crippen MR) is 62.7 cm³/mol. The number of aromatic nitrogens is 2. The van der Waals surface area contributed by atoms with Gasteiger partial charge in [-0.1, -0.05) is 15.9 Å². The lowest BCUT2D eigenvalue weighted by molar-refractivity contribution is 0.691. The van der Waals surface area contributed by atoms with E-state index in [-0.39, 0.29) is 5.54 Å². The molecular weight excluding hydrogens is 254 g/mol. The van der Waals surface area contributed by atoms with Crippen molar-refractivity contribution in [1.82, 2.24) is 9.38 Å². The number of imidazole rings is 1. The zero-order chi connectivity index (χ0) is 10.6. The summed E-state index contributed by atoms with van der Waals surface area (Å²) < 4.78 is 3.15. The van der Waals surface area contributed by atoms with E-state index in [1.807, 2.05) is 25.3 Å². The molecular formula is C11H12BrN3. The summed E-state index contributed by atoms with van der Waals surface area (Å²) in [6.45, 7) is 2.03. The zero-order valence-electron chi connectivity index (χ0n) is 8.50. The van der Waals surface area contributed by atoms with Crippen molar-refractivity contribution in [2.75, 3.05) is 0 Å². The van der Waals surface area contributed by atoms with Gasteiger partial charge in [-0.05, 0) is 31.9 Å². The van der Waals surface area contributed by atoms with Crippen molar-refractivity contribution in [2.45, 2.75) is 25.3 Å². The van der Waals surface area contributed by atoms with E-state index in [2.05, 4.69) is 25.3 Å². The van der Waals surface area contributed by atoms with Crippen molar-refractivity contribution in [1.29, 1.82) is 0 Å². The Labute approximate surface area is 96.4 Å². The minimum Gasteiger partial charge on any atom is -0.320 e. The van der Waals surface area contributed by atoms with Crippen LogP contribution in [0, 0.1) is 6.92 Å². The number of rotatable bonds is 1. The summed E-state index contributed by atoms with van der Waals surface area (Å²) in [5.74, 6) is 0. The molecule has 4 heteroatoms. The van der Waals surface area contributed by atoms with E-state index in [9.17, 15) is 0 Å². The molecule has 0 amide bonds. The first-order chi connectivity index (χ1) is 7.10. The third-order valence-electron chi connectivity index (χ3n) is 3.02. The van der Waals surface area contributed by atoms with Gasteiger partial charge in [-0.15, -0.1) is 0 Å². The summed E-state index contributed by atoms with van der Waals surface area (Å²) in [6, 6.07) is 4.03. The second-order valence-electron chi connectivity index (χ2n) is 4.28. The van der Waals surface area contributed by atoms with Crippen molar-refractivity contribution in [3.05, 3.63) is 34.2 Å². The molecule has 2 N–H and O–H groups in total. The van der Waals surface area contributed by atoms with Gasteiger partial charge in [0.1, 0.15) is 5.65 Å². The van der Waals surface area contributed by atoms with Crippen LogP contribution in [0.4, 0.5) is 0 Å². The van der Waals surface area contributed by atoms with Crippen molar-refractivity contribution in [2.24, 2.45) is 5.73 Å². The maximum absolute atomic E-state index is 6.24. The fourth-order valence-electron chi connectivity index (χ4n) is 2.11. The number of aryl methyl sites for hydroxylation is 1. The summed E-state index contributed by atoms with van der Waals surface area (Å²) in [5, 5.41) is 0. The van der Waals surface area contributed by atoms with Crippen molar-refractivity contribution in [3.63, 3.8) is 0 Å². The fraction of sp³-hybridized carbons (Fsp3) is 0.364. The quantitative estimate of drug-likeness (QED) is 0.861. The Morgan fingerprint density at radius 2 is 2.27 bits per heavy atom. The number of nitrogens with zero attached hydrogens (tertiary/aromatic N) is 2. The van der Waals surface area contributed by atoms with Crippen LogP contribution < -0.4 is 5.73 Å². The topological polar surface area (TPSA) is 43.3 Å². The van der Waals surface area contributed by atoms with Gasteiger partial charge < -0.3 is 10.1 Å². The van der Waals surface area contributed by atoms with Gasteiger partial charge in [-0.25, -0.2) is 4.98 Å². The maximum atomic E-state index is 6.24. The molecule has 1 fully saturated rings. The number of hydrogen-bond donors (Lipinski definition) is 1. The molecule has 0 atom stereocenters. The number of halogens is 1. The number of hydrogen-bond acceptors (Lipinski definition) is 2. The lowest BCUT2D eigenvalue weighted by atomic mass is 10.1. The van der Waals surface area contributed by atoms with E-state index in [1.165, 1.54) is 5.69 Å². The lowest BCUT2D eigenvalue weighted by Gasteiger charge is -2.09. The lowest BCUT2D eigenvalue weighted by Crippen LogP contribution is -2.21. The Hall–Kier alpha value is -0.870. The predicted octanol–water partition coefficient (Wildman–Crippen LogP) is 2.35. The first-order valence-electron chi connectivity index (χ1n) is 5.04. The highest BCUT2D eigenvalue weighted by Crippen LogP contribution is 2.44. The first kappa shape index (κ1) is 9.36. The van der Waals surface area contributed by atoms with Crippen molar-refractivity contribution < 1.29 is 0 Å². The van der Waals surface area contributed by atoms with Crippen LogP contribution in [0.15, 0.2) is 22.8 Å². The Morgan fingerprint density at radius 3 is 2.93 bits per heavy atom. The molecule has 0 aromatic carbocycles. The molecule has 0 unspecified atom stereocenters. The van der Waals surface area contributed by atoms with E-state index in [1.54, 1.807) is 0 Å². The van der Waals surface area contributed by atoms with Crippen molar-refractivity contribution >= 4 is 21.6 Å². The first-order valence-corrected chi connectivity index (χ1v) is 5.83. The van der Waals surface area contributed by atoms with Crippen molar-refractivity contribution in [3.8, 4) is 0 Å². The normalized spacial score (nSPS) is 18.3. The highest BCUT2D eigenvalue weighted by atomic mass is 79.9.